The fourth-order valence-electron chi connectivity index (χ4n) is 4.51. The molecule has 192 valence electrons. The van der Waals surface area contributed by atoms with Gasteiger partial charge in [-0.2, -0.15) is 0 Å². The molecule has 0 aromatic heterocycles. The molecule has 0 bridgehead atoms. The van der Waals surface area contributed by atoms with Crippen molar-refractivity contribution < 1.29 is 28.5 Å². The lowest BCUT2D eigenvalue weighted by molar-refractivity contribution is 0.137. The minimum absolute atomic E-state index is 0.422. The molecule has 0 amide bonds. The number of hydrogen-bond donors (Lipinski definition) is 1. The molecule has 1 unspecified atom stereocenters. The second kappa shape index (κ2) is 12.2. The number of aliphatic hydroxyl groups is 1. The van der Waals surface area contributed by atoms with Gasteiger partial charge in [-0.25, -0.2) is 0 Å². The minimum Gasteiger partial charge on any atom is -0.497 e. The Balaban J connectivity index is 1.83. The number of methoxy groups -OCH3 is 3. The zero-order valence-electron chi connectivity index (χ0n) is 22.0. The van der Waals surface area contributed by atoms with E-state index in [1.165, 1.54) is 6.26 Å². The van der Waals surface area contributed by atoms with E-state index in [4.69, 9.17) is 23.4 Å². The van der Waals surface area contributed by atoms with Gasteiger partial charge in [0.1, 0.15) is 30.5 Å². The topological polar surface area (TPSA) is 73.5 Å². The van der Waals surface area contributed by atoms with Crippen LogP contribution in [0.15, 0.2) is 41.0 Å². The Hall–Kier alpha value is -2.90. The molecule has 35 heavy (non-hydrogen) atoms. The summed E-state index contributed by atoms with van der Waals surface area (Å²) in [5.41, 5.74) is 2.57. The van der Waals surface area contributed by atoms with Crippen molar-refractivity contribution >= 4 is 0 Å². The highest BCUT2D eigenvalue weighted by Crippen LogP contribution is 2.51. The number of nitrogens with zero attached hydrogens (tertiary/aromatic N) is 1. The van der Waals surface area contributed by atoms with Crippen LogP contribution in [0, 0.1) is 0 Å². The maximum absolute atomic E-state index is 11.1. The Morgan fingerprint density at radius 3 is 2.17 bits per heavy atom. The summed E-state index contributed by atoms with van der Waals surface area (Å²) in [6.07, 6.45) is 1.86. The summed E-state index contributed by atoms with van der Waals surface area (Å²) in [5.74, 6) is 2.96. The molecule has 1 N–H and O–H groups in total. The first-order chi connectivity index (χ1) is 16.8. The fourth-order valence-corrected chi connectivity index (χ4v) is 4.51. The molecule has 7 nitrogen and oxygen atoms in total. The third-order valence-corrected chi connectivity index (χ3v) is 6.33. The van der Waals surface area contributed by atoms with Gasteiger partial charge in [0.05, 0.1) is 26.9 Å². The number of hydrogen-bond acceptors (Lipinski definition) is 7. The van der Waals surface area contributed by atoms with Gasteiger partial charge in [-0.15, -0.1) is 0 Å². The van der Waals surface area contributed by atoms with E-state index in [9.17, 15) is 5.11 Å². The van der Waals surface area contributed by atoms with Gasteiger partial charge < -0.3 is 28.5 Å². The highest BCUT2D eigenvalue weighted by Gasteiger charge is 2.30. The van der Waals surface area contributed by atoms with Crippen LogP contribution in [0.4, 0.5) is 0 Å². The summed E-state index contributed by atoms with van der Waals surface area (Å²) >= 11 is 0. The zero-order chi connectivity index (χ0) is 25.5. The van der Waals surface area contributed by atoms with Gasteiger partial charge in [-0.05, 0) is 64.3 Å². The lowest BCUT2D eigenvalue weighted by atomic mass is 10.00. The van der Waals surface area contributed by atoms with Crippen molar-refractivity contribution in [2.75, 3.05) is 34.5 Å². The second-order valence-electron chi connectivity index (χ2n) is 9.18. The summed E-state index contributed by atoms with van der Waals surface area (Å²) in [7, 11) is 4.83. The van der Waals surface area contributed by atoms with Gasteiger partial charge in [0.15, 0.2) is 17.2 Å². The average molecular weight is 486 g/mol. The van der Waals surface area contributed by atoms with Crippen molar-refractivity contribution in [1.82, 2.24) is 4.90 Å². The highest BCUT2D eigenvalue weighted by atomic mass is 16.5. The van der Waals surface area contributed by atoms with Crippen molar-refractivity contribution in [3.05, 3.63) is 47.9 Å². The van der Waals surface area contributed by atoms with E-state index in [0.29, 0.717) is 60.1 Å². The fraction of sp³-hybridized carbons (Fsp3) is 0.500. The van der Waals surface area contributed by atoms with Crippen LogP contribution >= 0.6 is 0 Å². The lowest BCUT2D eigenvalue weighted by Crippen LogP contribution is -2.39. The van der Waals surface area contributed by atoms with Gasteiger partial charge in [-0.1, -0.05) is 12.1 Å². The van der Waals surface area contributed by atoms with Crippen LogP contribution in [0.2, 0.25) is 0 Å². The van der Waals surface area contributed by atoms with Crippen LogP contribution in [-0.2, 0) is 6.42 Å². The maximum Gasteiger partial charge on any atom is 0.172 e. The Labute approximate surface area is 208 Å². The lowest BCUT2D eigenvalue weighted by Gasteiger charge is -2.30. The molecule has 1 aromatic rings. The molecule has 1 heterocycles. The average Bonchev–Trinajstić information content (AvgIpc) is 3.22. The first-order valence-electron chi connectivity index (χ1n) is 12.2. The molecule has 2 aliphatic rings. The Morgan fingerprint density at radius 1 is 0.914 bits per heavy atom. The first-order valence-corrected chi connectivity index (χ1v) is 12.2. The van der Waals surface area contributed by atoms with Gasteiger partial charge in [0, 0.05) is 24.2 Å². The van der Waals surface area contributed by atoms with Crippen LogP contribution in [0.3, 0.4) is 0 Å². The number of aliphatic hydroxyl groups excluding tert-OH is 1. The smallest absolute Gasteiger partial charge is 0.172 e. The Kier molecular flexibility index (Phi) is 9.29. The molecular weight excluding hydrogens is 446 g/mol. The number of aryl methyl sites for hydroxylation is 1. The molecule has 0 saturated heterocycles. The van der Waals surface area contributed by atoms with E-state index >= 15 is 0 Å². The summed E-state index contributed by atoms with van der Waals surface area (Å²) in [6.45, 7) is 10.0. The Morgan fingerprint density at radius 2 is 1.60 bits per heavy atom. The summed E-state index contributed by atoms with van der Waals surface area (Å²) in [4.78, 5) is 2.37. The molecule has 0 fully saturated rings. The molecule has 1 aliphatic heterocycles. The predicted octanol–water partition coefficient (Wildman–Crippen LogP) is 5.57. The van der Waals surface area contributed by atoms with Crippen molar-refractivity contribution in [3.63, 3.8) is 0 Å². The number of rotatable bonds is 13. The van der Waals surface area contributed by atoms with Gasteiger partial charge in [0.25, 0.3) is 0 Å². The molecule has 3 rings (SSSR count). The summed E-state index contributed by atoms with van der Waals surface area (Å²) < 4.78 is 28.5. The van der Waals surface area contributed by atoms with Crippen LogP contribution in [0.25, 0.3) is 11.1 Å². The van der Waals surface area contributed by atoms with Gasteiger partial charge >= 0.3 is 0 Å². The third kappa shape index (κ3) is 6.21. The molecule has 0 radical (unpaired) electrons. The Bertz CT molecular complexity index is 1020. The van der Waals surface area contributed by atoms with Gasteiger partial charge in [0.2, 0.25) is 0 Å². The van der Waals surface area contributed by atoms with E-state index in [2.05, 4.69) is 32.6 Å². The van der Waals surface area contributed by atoms with E-state index in [1.54, 1.807) is 21.3 Å². The molecule has 1 atom stereocenters. The van der Waals surface area contributed by atoms with Crippen LogP contribution in [0.1, 0.15) is 51.5 Å². The van der Waals surface area contributed by atoms with E-state index < -0.39 is 6.10 Å². The molecule has 1 aromatic carbocycles. The maximum atomic E-state index is 11.1. The second-order valence-corrected chi connectivity index (χ2v) is 9.18. The minimum atomic E-state index is -0.827. The molecule has 7 heteroatoms. The SMILES string of the molecule is COc1ccc(CCC(O)c2occ(OC)c3cc(OCCN(C(C)C)C(C)C)c(OC)c2-3)cc1. The predicted molar refractivity (Wildman–Crippen MR) is 137 cm³/mol. The summed E-state index contributed by atoms with van der Waals surface area (Å²) in [6, 6.07) is 10.6. The van der Waals surface area contributed by atoms with Crippen molar-refractivity contribution in [2.24, 2.45) is 0 Å². The monoisotopic (exact) mass is 485 g/mol. The van der Waals surface area contributed by atoms with Crippen molar-refractivity contribution in [1.29, 1.82) is 0 Å². The van der Waals surface area contributed by atoms with Gasteiger partial charge in [-0.3, -0.25) is 4.90 Å². The van der Waals surface area contributed by atoms with E-state index in [0.717, 1.165) is 23.4 Å². The van der Waals surface area contributed by atoms with E-state index in [1.807, 2.05) is 30.3 Å². The zero-order valence-corrected chi connectivity index (χ0v) is 22.0. The largest absolute Gasteiger partial charge is 0.497 e. The quantitative estimate of drug-likeness (QED) is 0.339. The third-order valence-electron chi connectivity index (χ3n) is 6.33. The van der Waals surface area contributed by atoms with Crippen molar-refractivity contribution in [2.45, 2.75) is 58.7 Å². The standard InChI is InChI=1S/C28H39NO6/c1-18(2)29(19(3)4)14-15-34-24-16-22-25(32-6)17-35-27(26(22)28(24)33-7)23(30)13-10-20-8-11-21(31-5)12-9-20/h8-9,11-12,16-19,23,30H,10,13-15H2,1-7H3. The molecule has 0 saturated carbocycles. The molecular formula is C28H39NO6. The summed E-state index contributed by atoms with van der Waals surface area (Å²) in [5, 5.41) is 11.1. The normalized spacial score (nSPS) is 12.5. The number of benzene rings is 1. The van der Waals surface area contributed by atoms with Crippen LogP contribution in [0.5, 0.6) is 23.0 Å². The molecule has 1 aliphatic carbocycles. The molecule has 0 spiro atoms. The van der Waals surface area contributed by atoms with E-state index in [-0.39, 0.29) is 0 Å². The number of ether oxygens (including phenoxy) is 4. The first kappa shape index (κ1) is 26.7. The van der Waals surface area contributed by atoms with Crippen LogP contribution < -0.4 is 18.9 Å². The van der Waals surface area contributed by atoms with Crippen LogP contribution in [-0.4, -0.2) is 56.6 Å². The van der Waals surface area contributed by atoms with Crippen molar-refractivity contribution in [3.8, 4) is 34.1 Å². The number of fused-ring (bicyclic) bond motifs is 1. The highest BCUT2D eigenvalue weighted by molar-refractivity contribution is 5.85.